The lowest BCUT2D eigenvalue weighted by molar-refractivity contribution is 0.309. The highest BCUT2D eigenvalue weighted by Crippen LogP contribution is 2.35. The number of aromatic nitrogens is 6. The molecule has 2 aliphatic rings. The Balaban J connectivity index is 1.05. The summed E-state index contributed by atoms with van der Waals surface area (Å²) >= 11 is 0. The van der Waals surface area contributed by atoms with Crippen molar-refractivity contribution in [1.29, 1.82) is 5.26 Å². The van der Waals surface area contributed by atoms with Gasteiger partial charge in [0.25, 0.3) is 0 Å². The number of likely N-dealkylation sites (tertiary alicyclic amines) is 1. The van der Waals surface area contributed by atoms with Gasteiger partial charge in [0.1, 0.15) is 23.2 Å². The van der Waals surface area contributed by atoms with Crippen molar-refractivity contribution in [3.63, 3.8) is 0 Å². The van der Waals surface area contributed by atoms with Gasteiger partial charge in [-0.2, -0.15) is 5.26 Å². The molecule has 0 saturated carbocycles. The molecule has 2 atom stereocenters. The Labute approximate surface area is 260 Å². The Morgan fingerprint density at radius 3 is 2.33 bits per heavy atom. The number of benzene rings is 2. The third kappa shape index (κ3) is 5.03. The van der Waals surface area contributed by atoms with Gasteiger partial charge < -0.3 is 10.6 Å². The van der Waals surface area contributed by atoms with Crippen LogP contribution in [0.2, 0.25) is 0 Å². The standard InChI is InChI=1S/C35H30N10/c36-17-31-38-16-14-32(42-31)44-21-25-19-43(20-26(25)22-44)18-23-8-10-27(11-9-23)45-34(28-7-4-15-39-33(28)37)41-30-13-12-29(40-35(30)45)24-5-2-1-3-6-24/h1-16,25-26H,18-22H2,(H2,37,39). The van der Waals surface area contributed by atoms with Gasteiger partial charge in [-0.25, -0.2) is 24.9 Å². The van der Waals surface area contributed by atoms with E-state index < -0.39 is 0 Å². The van der Waals surface area contributed by atoms with E-state index in [1.54, 1.807) is 12.4 Å². The van der Waals surface area contributed by atoms with Crippen LogP contribution in [0.15, 0.2) is 97.3 Å². The molecule has 0 bridgehead atoms. The molecule has 0 radical (unpaired) electrons. The van der Waals surface area contributed by atoms with Gasteiger partial charge in [-0.1, -0.05) is 42.5 Å². The number of pyridine rings is 2. The number of nitriles is 1. The van der Waals surface area contributed by atoms with Gasteiger partial charge in [0.05, 0.1) is 11.3 Å². The van der Waals surface area contributed by atoms with Gasteiger partial charge in [-0.05, 0) is 59.9 Å². The molecule has 6 heterocycles. The normalized spacial score (nSPS) is 17.9. The molecular formula is C35H30N10. The molecule has 10 nitrogen and oxygen atoms in total. The van der Waals surface area contributed by atoms with E-state index in [2.05, 4.69) is 65.7 Å². The maximum atomic E-state index is 9.17. The minimum atomic E-state index is 0.224. The first-order chi connectivity index (χ1) is 22.1. The summed E-state index contributed by atoms with van der Waals surface area (Å²) in [6.07, 6.45) is 3.36. The molecule has 0 amide bonds. The van der Waals surface area contributed by atoms with Crippen molar-refractivity contribution in [2.45, 2.75) is 6.54 Å². The second-order valence-corrected chi connectivity index (χ2v) is 11.7. The van der Waals surface area contributed by atoms with E-state index in [0.717, 1.165) is 72.2 Å². The minimum Gasteiger partial charge on any atom is -0.383 e. The van der Waals surface area contributed by atoms with Crippen LogP contribution in [0.1, 0.15) is 11.4 Å². The predicted octanol–water partition coefficient (Wildman–Crippen LogP) is 4.96. The minimum absolute atomic E-state index is 0.224. The van der Waals surface area contributed by atoms with Crippen molar-refractivity contribution in [3.05, 3.63) is 109 Å². The molecule has 2 aliphatic heterocycles. The molecule has 2 N–H and O–H groups in total. The lowest BCUT2D eigenvalue weighted by atomic mass is 10.0. The Morgan fingerprint density at radius 1 is 0.778 bits per heavy atom. The average Bonchev–Trinajstić information content (AvgIpc) is 3.77. The van der Waals surface area contributed by atoms with Crippen LogP contribution in [0.3, 0.4) is 0 Å². The van der Waals surface area contributed by atoms with Gasteiger partial charge >= 0.3 is 0 Å². The van der Waals surface area contributed by atoms with E-state index in [-0.39, 0.29) is 5.82 Å². The van der Waals surface area contributed by atoms with Gasteiger partial charge in [0, 0.05) is 56.4 Å². The first kappa shape index (κ1) is 26.9. The van der Waals surface area contributed by atoms with Crippen LogP contribution < -0.4 is 10.6 Å². The summed E-state index contributed by atoms with van der Waals surface area (Å²) in [5, 5.41) is 9.17. The molecule has 2 saturated heterocycles. The SMILES string of the molecule is N#Cc1nccc(N2CC3CN(Cc4ccc(-n5c(-c6cccnc6N)nc6ccc(-c7ccccc7)nc65)cc4)CC3C2)n1. The Hall–Kier alpha value is -5.66. The summed E-state index contributed by atoms with van der Waals surface area (Å²) in [7, 11) is 0. The van der Waals surface area contributed by atoms with Crippen molar-refractivity contribution < 1.29 is 0 Å². The summed E-state index contributed by atoms with van der Waals surface area (Å²) in [6.45, 7) is 4.88. The molecule has 220 valence electrons. The largest absolute Gasteiger partial charge is 0.383 e. The van der Waals surface area contributed by atoms with E-state index in [0.29, 0.717) is 23.5 Å². The smallest absolute Gasteiger partial charge is 0.234 e. The van der Waals surface area contributed by atoms with Crippen molar-refractivity contribution in [1.82, 2.24) is 34.4 Å². The summed E-state index contributed by atoms with van der Waals surface area (Å²) < 4.78 is 2.08. The fraction of sp³-hybridized carbons (Fsp3) is 0.200. The number of hydrogen-bond acceptors (Lipinski definition) is 9. The first-order valence-corrected chi connectivity index (χ1v) is 15.1. The molecule has 2 unspecified atom stereocenters. The molecule has 2 aromatic carbocycles. The van der Waals surface area contributed by atoms with Gasteiger partial charge in [-0.15, -0.1) is 0 Å². The molecule has 6 aromatic rings. The number of fused-ring (bicyclic) bond motifs is 2. The molecule has 10 heteroatoms. The van der Waals surface area contributed by atoms with Crippen LogP contribution in [0.5, 0.6) is 0 Å². The molecule has 0 aliphatic carbocycles. The van der Waals surface area contributed by atoms with Crippen LogP contribution in [-0.2, 0) is 6.54 Å². The van der Waals surface area contributed by atoms with Crippen molar-refractivity contribution in [2.24, 2.45) is 11.8 Å². The number of imidazole rings is 1. The van der Waals surface area contributed by atoms with Crippen molar-refractivity contribution in [3.8, 4) is 34.4 Å². The van der Waals surface area contributed by atoms with Crippen LogP contribution in [0.25, 0.3) is 39.5 Å². The number of nitrogens with zero attached hydrogens (tertiary/aromatic N) is 9. The van der Waals surface area contributed by atoms with Crippen LogP contribution in [0.4, 0.5) is 11.6 Å². The number of anilines is 2. The predicted molar refractivity (Wildman–Crippen MR) is 173 cm³/mol. The highest BCUT2D eigenvalue weighted by molar-refractivity contribution is 5.84. The summed E-state index contributed by atoms with van der Waals surface area (Å²) in [6, 6.07) is 30.7. The lowest BCUT2D eigenvalue weighted by Gasteiger charge is -2.22. The highest BCUT2D eigenvalue weighted by Gasteiger charge is 2.40. The average molecular weight is 591 g/mol. The third-order valence-electron chi connectivity index (χ3n) is 8.88. The molecule has 0 spiro atoms. The zero-order chi connectivity index (χ0) is 30.3. The molecule has 45 heavy (non-hydrogen) atoms. The molecule has 4 aromatic heterocycles. The molecule has 8 rings (SSSR count). The fourth-order valence-corrected chi connectivity index (χ4v) is 6.75. The number of hydrogen-bond donors (Lipinski definition) is 1. The number of nitrogens with two attached hydrogens (primary N) is 1. The highest BCUT2D eigenvalue weighted by atomic mass is 15.3. The van der Waals surface area contributed by atoms with Gasteiger partial charge in [-0.3, -0.25) is 9.47 Å². The Morgan fingerprint density at radius 2 is 1.58 bits per heavy atom. The van der Waals surface area contributed by atoms with Crippen LogP contribution in [-0.4, -0.2) is 60.6 Å². The third-order valence-corrected chi connectivity index (χ3v) is 8.88. The zero-order valence-corrected chi connectivity index (χ0v) is 24.5. The Bertz CT molecular complexity index is 2030. The van der Waals surface area contributed by atoms with E-state index >= 15 is 0 Å². The van der Waals surface area contributed by atoms with Gasteiger partial charge in [0.2, 0.25) is 5.82 Å². The second-order valence-electron chi connectivity index (χ2n) is 11.7. The molecule has 2 fully saturated rings. The van der Waals surface area contributed by atoms with Crippen LogP contribution in [0, 0.1) is 23.2 Å². The lowest BCUT2D eigenvalue weighted by Crippen LogP contribution is -2.29. The molecular weight excluding hydrogens is 560 g/mol. The summed E-state index contributed by atoms with van der Waals surface area (Å²) in [5.41, 5.74) is 12.8. The van der Waals surface area contributed by atoms with Crippen molar-refractivity contribution >= 4 is 22.8 Å². The number of rotatable bonds is 6. The fourth-order valence-electron chi connectivity index (χ4n) is 6.75. The topological polar surface area (TPSA) is 126 Å². The van der Waals surface area contributed by atoms with E-state index in [1.165, 1.54) is 5.56 Å². The Kier molecular flexibility index (Phi) is 6.65. The first-order valence-electron chi connectivity index (χ1n) is 15.1. The second kappa shape index (κ2) is 11.1. The monoisotopic (exact) mass is 590 g/mol. The van der Waals surface area contributed by atoms with Crippen molar-refractivity contribution in [2.75, 3.05) is 36.8 Å². The maximum Gasteiger partial charge on any atom is 0.234 e. The van der Waals surface area contributed by atoms with E-state index in [9.17, 15) is 5.26 Å². The maximum absolute atomic E-state index is 9.17. The number of nitrogen functional groups attached to an aromatic ring is 1. The summed E-state index contributed by atoms with van der Waals surface area (Å²) in [4.78, 5) is 27.6. The van der Waals surface area contributed by atoms with Crippen LogP contribution >= 0.6 is 0 Å². The van der Waals surface area contributed by atoms with E-state index in [1.807, 2.05) is 54.6 Å². The van der Waals surface area contributed by atoms with Gasteiger partial charge in [0.15, 0.2) is 11.5 Å². The van der Waals surface area contributed by atoms with E-state index in [4.69, 9.17) is 15.7 Å². The summed E-state index contributed by atoms with van der Waals surface area (Å²) in [5.74, 6) is 3.38. The quantitative estimate of drug-likeness (QED) is 0.286. The zero-order valence-electron chi connectivity index (χ0n) is 24.5.